The standard InChI is InChI=1S/C8H6O4.Mg.6H2O/c9-7(10)5-3-1-2-4-6(5)8(11)12;;;;;;;/h1-4H,(H,9,10)(H,11,12);;6*1H2/q;+2;;;;;;/p-2. The number of rotatable bonds is 2. The Labute approximate surface area is 123 Å². The molecule has 110 valence electrons. The number of hydrogen-bond acceptors (Lipinski definition) is 4. The molecule has 0 aromatic heterocycles. The van der Waals surface area contributed by atoms with E-state index < -0.39 is 11.9 Å². The van der Waals surface area contributed by atoms with Gasteiger partial charge in [0.2, 0.25) is 0 Å². The molecule has 0 aliphatic heterocycles. The molecule has 0 spiro atoms. The summed E-state index contributed by atoms with van der Waals surface area (Å²) in [7, 11) is 0. The van der Waals surface area contributed by atoms with Crippen LogP contribution in [0.25, 0.3) is 0 Å². The fourth-order valence-corrected chi connectivity index (χ4v) is 0.839. The zero-order valence-corrected chi connectivity index (χ0v) is 11.1. The molecule has 1 aromatic carbocycles. The van der Waals surface area contributed by atoms with Crippen LogP contribution < -0.4 is 10.2 Å². The summed E-state index contributed by atoms with van der Waals surface area (Å²) in [4.78, 5) is 20.6. The number of carboxylic acids is 2. The van der Waals surface area contributed by atoms with Crippen molar-refractivity contribution in [3.05, 3.63) is 35.4 Å². The minimum absolute atomic E-state index is 0. The van der Waals surface area contributed by atoms with Crippen molar-refractivity contribution in [3.63, 3.8) is 0 Å². The van der Waals surface area contributed by atoms with E-state index in [1.807, 2.05) is 0 Å². The van der Waals surface area contributed by atoms with Gasteiger partial charge in [0.25, 0.3) is 0 Å². The largest absolute Gasteiger partial charge is 2.00 e. The van der Waals surface area contributed by atoms with Crippen LogP contribution in [0, 0.1) is 0 Å². The number of benzene rings is 1. The first kappa shape index (κ1) is 43.1. The molecule has 0 fully saturated rings. The Kier molecular flexibility index (Phi) is 43.2. The topological polar surface area (TPSA) is 269 Å². The van der Waals surface area contributed by atoms with Crippen LogP contribution in [0.1, 0.15) is 20.7 Å². The predicted octanol–water partition coefficient (Wildman–Crippen LogP) is -6.92. The summed E-state index contributed by atoms with van der Waals surface area (Å²) in [5, 5.41) is 20.6. The maximum Gasteiger partial charge on any atom is 2.00 e. The molecule has 1 rings (SSSR count). The van der Waals surface area contributed by atoms with Gasteiger partial charge in [-0.2, -0.15) is 0 Å². The van der Waals surface area contributed by atoms with Gasteiger partial charge in [0.05, 0.1) is 11.9 Å². The Morgan fingerprint density at radius 3 is 1.05 bits per heavy atom. The summed E-state index contributed by atoms with van der Waals surface area (Å²) in [5.41, 5.74) is -0.727. The fourth-order valence-electron chi connectivity index (χ4n) is 0.839. The Bertz CT molecular complexity index is 309. The monoisotopic (exact) mass is 296 g/mol. The molecule has 0 amide bonds. The first-order chi connectivity index (χ1) is 5.63. The summed E-state index contributed by atoms with van der Waals surface area (Å²) in [6, 6.07) is 5.14. The van der Waals surface area contributed by atoms with Crippen molar-refractivity contribution < 1.29 is 52.7 Å². The summed E-state index contributed by atoms with van der Waals surface area (Å²) >= 11 is 0. The molecule has 19 heavy (non-hydrogen) atoms. The van der Waals surface area contributed by atoms with Crippen molar-refractivity contribution in [2.45, 2.75) is 0 Å². The molecular formula is C8H16MgO10. The quantitative estimate of drug-likeness (QED) is 0.480. The first-order valence-corrected chi connectivity index (χ1v) is 3.14. The summed E-state index contributed by atoms with van der Waals surface area (Å²) in [5.74, 6) is -3.04. The molecule has 0 bridgehead atoms. The fraction of sp³-hybridized carbons (Fsp3) is 0. The number of hydrogen-bond donors (Lipinski definition) is 0. The van der Waals surface area contributed by atoms with Crippen molar-refractivity contribution in [2.75, 3.05) is 0 Å². The third-order valence-corrected chi connectivity index (χ3v) is 1.37. The number of carbonyl (C=O) groups excluding carboxylic acids is 2. The van der Waals surface area contributed by atoms with E-state index in [0.29, 0.717) is 0 Å². The first-order valence-electron chi connectivity index (χ1n) is 3.14. The van der Waals surface area contributed by atoms with Crippen LogP contribution in [-0.4, -0.2) is 67.8 Å². The van der Waals surface area contributed by atoms with E-state index in [1.54, 1.807) is 0 Å². The van der Waals surface area contributed by atoms with E-state index in [1.165, 1.54) is 12.1 Å². The molecule has 0 saturated heterocycles. The van der Waals surface area contributed by atoms with Crippen LogP contribution >= 0.6 is 0 Å². The van der Waals surface area contributed by atoms with Crippen LogP contribution in [0.2, 0.25) is 0 Å². The summed E-state index contributed by atoms with van der Waals surface area (Å²) in [6.45, 7) is 0. The van der Waals surface area contributed by atoms with Gasteiger partial charge in [0.1, 0.15) is 0 Å². The van der Waals surface area contributed by atoms with E-state index in [4.69, 9.17) is 0 Å². The smallest absolute Gasteiger partial charge is 0.545 e. The molecule has 11 heteroatoms. The van der Waals surface area contributed by atoms with Gasteiger partial charge in [-0.05, 0) is 0 Å². The average molecular weight is 297 g/mol. The maximum absolute atomic E-state index is 10.3. The van der Waals surface area contributed by atoms with Crippen LogP contribution in [0.15, 0.2) is 24.3 Å². The third-order valence-electron chi connectivity index (χ3n) is 1.37. The second kappa shape index (κ2) is 19.0. The van der Waals surface area contributed by atoms with Crippen molar-refractivity contribution in [2.24, 2.45) is 0 Å². The molecular weight excluding hydrogens is 280 g/mol. The minimum Gasteiger partial charge on any atom is -0.545 e. The van der Waals surface area contributed by atoms with E-state index in [0.717, 1.165) is 12.1 Å². The average Bonchev–Trinajstić information content (AvgIpc) is 2.04. The molecule has 10 nitrogen and oxygen atoms in total. The van der Waals surface area contributed by atoms with Crippen molar-refractivity contribution in [3.8, 4) is 0 Å². The molecule has 0 heterocycles. The Hall–Kier alpha value is -1.31. The maximum atomic E-state index is 10.3. The number of carboxylic acid groups (broad SMARTS) is 2. The summed E-state index contributed by atoms with van der Waals surface area (Å²) in [6.07, 6.45) is 0. The third kappa shape index (κ3) is 11.5. The number of aromatic carboxylic acids is 2. The normalized spacial score (nSPS) is 5.89. The molecule has 1 aromatic rings. The van der Waals surface area contributed by atoms with Gasteiger partial charge >= 0.3 is 23.1 Å². The van der Waals surface area contributed by atoms with Crippen LogP contribution in [0.4, 0.5) is 0 Å². The molecule has 0 aliphatic carbocycles. The van der Waals surface area contributed by atoms with E-state index in [2.05, 4.69) is 0 Å². The van der Waals surface area contributed by atoms with E-state index in [-0.39, 0.29) is 67.0 Å². The predicted molar refractivity (Wildman–Crippen MR) is 62.5 cm³/mol. The molecule has 0 unspecified atom stereocenters. The van der Waals surface area contributed by atoms with Gasteiger partial charge in [-0.25, -0.2) is 0 Å². The van der Waals surface area contributed by atoms with Crippen molar-refractivity contribution >= 4 is 35.0 Å². The SMILES string of the molecule is O.O.O.O.O.O.O=C([O-])c1ccccc1C(=O)[O-].[Mg+2]. The van der Waals surface area contributed by atoms with Crippen LogP contribution in [-0.2, 0) is 0 Å². The zero-order valence-electron chi connectivity index (χ0n) is 9.65. The molecule has 0 aliphatic rings. The Balaban J connectivity index is -0.0000000411. The zero-order chi connectivity index (χ0) is 9.14. The second-order valence-corrected chi connectivity index (χ2v) is 2.12. The van der Waals surface area contributed by atoms with Crippen LogP contribution in [0.5, 0.6) is 0 Å². The van der Waals surface area contributed by atoms with Gasteiger partial charge in [-0.3, -0.25) is 0 Å². The van der Waals surface area contributed by atoms with Gasteiger partial charge in [-0.1, -0.05) is 24.3 Å². The summed E-state index contributed by atoms with van der Waals surface area (Å²) < 4.78 is 0. The molecule has 0 atom stereocenters. The molecule has 0 saturated carbocycles. The van der Waals surface area contributed by atoms with Gasteiger partial charge in [0, 0.05) is 11.1 Å². The number of carbonyl (C=O) groups is 2. The van der Waals surface area contributed by atoms with Crippen molar-refractivity contribution in [1.82, 2.24) is 0 Å². The van der Waals surface area contributed by atoms with Gasteiger partial charge in [0.15, 0.2) is 0 Å². The Morgan fingerprint density at radius 1 is 0.684 bits per heavy atom. The Morgan fingerprint density at radius 2 is 0.895 bits per heavy atom. The second-order valence-electron chi connectivity index (χ2n) is 2.12. The van der Waals surface area contributed by atoms with E-state index in [9.17, 15) is 19.8 Å². The van der Waals surface area contributed by atoms with Gasteiger partial charge in [-0.15, -0.1) is 0 Å². The minimum atomic E-state index is -1.52. The van der Waals surface area contributed by atoms with Crippen molar-refractivity contribution in [1.29, 1.82) is 0 Å². The molecule has 0 radical (unpaired) electrons. The van der Waals surface area contributed by atoms with E-state index >= 15 is 0 Å². The van der Waals surface area contributed by atoms with Gasteiger partial charge < -0.3 is 52.7 Å². The van der Waals surface area contributed by atoms with Crippen LogP contribution in [0.3, 0.4) is 0 Å². The molecule has 12 N–H and O–H groups in total.